The predicted octanol–water partition coefficient (Wildman–Crippen LogP) is 2.18. The third-order valence-corrected chi connectivity index (χ3v) is 3.60. The molecule has 0 aliphatic rings. The van der Waals surface area contributed by atoms with Crippen LogP contribution in [0.15, 0.2) is 17.5 Å². The zero-order chi connectivity index (χ0) is 11.1. The first-order valence-corrected chi connectivity index (χ1v) is 6.55. The topological polar surface area (TPSA) is 52.9 Å². The number of nitrogens with one attached hydrogen (secondary N) is 1. The van der Waals surface area contributed by atoms with E-state index in [4.69, 9.17) is 5.26 Å². The average molecular weight is 240 g/mol. The van der Waals surface area contributed by atoms with Gasteiger partial charge in [0.1, 0.15) is 0 Å². The Labute approximate surface area is 97.5 Å². The normalized spacial score (nSPS) is 11.7. The Balaban J connectivity index is 2.29. The number of carbonyl (C=O) groups excluding carboxylic acids is 1. The van der Waals surface area contributed by atoms with Gasteiger partial charge in [0.05, 0.1) is 23.6 Å². The van der Waals surface area contributed by atoms with Crippen LogP contribution >= 0.6 is 23.1 Å². The van der Waals surface area contributed by atoms with E-state index in [1.165, 1.54) is 11.8 Å². The van der Waals surface area contributed by atoms with Crippen molar-refractivity contribution in [3.8, 4) is 6.07 Å². The molecule has 1 atom stereocenters. The van der Waals surface area contributed by atoms with E-state index in [-0.39, 0.29) is 11.9 Å². The third-order valence-electron chi connectivity index (χ3n) is 1.75. The zero-order valence-corrected chi connectivity index (χ0v) is 10.0. The van der Waals surface area contributed by atoms with Crippen molar-refractivity contribution in [1.29, 1.82) is 5.26 Å². The molecule has 0 aliphatic carbocycles. The Kier molecular flexibility index (Phi) is 5.22. The Morgan fingerprint density at radius 1 is 1.80 bits per heavy atom. The summed E-state index contributed by atoms with van der Waals surface area (Å²) in [5.41, 5.74) is 0. The minimum absolute atomic E-state index is 0.0175. The van der Waals surface area contributed by atoms with Crippen LogP contribution in [0.2, 0.25) is 0 Å². The molecule has 0 spiro atoms. The average Bonchev–Trinajstić information content (AvgIpc) is 2.70. The first-order valence-electron chi connectivity index (χ1n) is 4.51. The van der Waals surface area contributed by atoms with Crippen LogP contribution in [0.25, 0.3) is 0 Å². The van der Waals surface area contributed by atoms with Gasteiger partial charge in [-0.1, -0.05) is 6.07 Å². The molecule has 1 unspecified atom stereocenters. The van der Waals surface area contributed by atoms with Crippen molar-refractivity contribution in [3.05, 3.63) is 22.4 Å². The number of carbonyl (C=O) groups is 1. The first-order chi connectivity index (χ1) is 7.24. The summed E-state index contributed by atoms with van der Waals surface area (Å²) >= 11 is 2.96. The van der Waals surface area contributed by atoms with Gasteiger partial charge in [-0.25, -0.2) is 0 Å². The minimum atomic E-state index is -0.0175. The van der Waals surface area contributed by atoms with Crippen molar-refractivity contribution in [3.63, 3.8) is 0 Å². The Morgan fingerprint density at radius 2 is 2.60 bits per heavy atom. The van der Waals surface area contributed by atoms with Crippen molar-refractivity contribution in [1.82, 2.24) is 5.32 Å². The van der Waals surface area contributed by atoms with E-state index in [0.717, 1.165) is 4.88 Å². The number of amides is 1. The highest BCUT2D eigenvalue weighted by atomic mass is 32.2. The number of nitriles is 1. The lowest BCUT2D eigenvalue weighted by Crippen LogP contribution is -2.27. The van der Waals surface area contributed by atoms with Gasteiger partial charge in [0, 0.05) is 4.88 Å². The molecule has 0 saturated heterocycles. The van der Waals surface area contributed by atoms with Gasteiger partial charge in [0.25, 0.3) is 0 Å². The molecule has 1 amide bonds. The van der Waals surface area contributed by atoms with Crippen LogP contribution in [0.5, 0.6) is 0 Å². The van der Waals surface area contributed by atoms with Crippen LogP contribution in [0.1, 0.15) is 17.8 Å². The van der Waals surface area contributed by atoms with Crippen LogP contribution in [-0.2, 0) is 4.79 Å². The maximum atomic E-state index is 11.4. The van der Waals surface area contributed by atoms with Gasteiger partial charge in [0.2, 0.25) is 5.91 Å². The summed E-state index contributed by atoms with van der Waals surface area (Å²) in [5.74, 6) is 0.695. The fraction of sp³-hybridized carbons (Fsp3) is 0.400. The monoisotopic (exact) mass is 240 g/mol. The Morgan fingerprint density at radius 3 is 3.20 bits per heavy atom. The molecular weight excluding hydrogens is 228 g/mol. The molecule has 0 fully saturated rings. The second-order valence-electron chi connectivity index (χ2n) is 2.96. The van der Waals surface area contributed by atoms with Crippen molar-refractivity contribution in [2.45, 2.75) is 13.0 Å². The summed E-state index contributed by atoms with van der Waals surface area (Å²) in [7, 11) is 0. The van der Waals surface area contributed by atoms with Crippen molar-refractivity contribution >= 4 is 29.0 Å². The summed E-state index contributed by atoms with van der Waals surface area (Å²) in [6, 6.07) is 6.01. The Bertz CT molecular complexity index is 343. The van der Waals surface area contributed by atoms with Gasteiger partial charge in [-0.3, -0.25) is 4.79 Å². The quantitative estimate of drug-likeness (QED) is 0.803. The molecule has 1 aromatic rings. The molecule has 1 rings (SSSR count). The van der Waals surface area contributed by atoms with E-state index in [1.54, 1.807) is 11.3 Å². The van der Waals surface area contributed by atoms with Crippen LogP contribution in [-0.4, -0.2) is 17.4 Å². The largest absolute Gasteiger partial charge is 0.348 e. The molecule has 80 valence electrons. The summed E-state index contributed by atoms with van der Waals surface area (Å²) < 4.78 is 0. The number of hydrogen-bond acceptors (Lipinski definition) is 4. The van der Waals surface area contributed by atoms with Gasteiger partial charge in [-0.15, -0.1) is 23.1 Å². The molecule has 3 nitrogen and oxygen atoms in total. The highest BCUT2D eigenvalue weighted by molar-refractivity contribution is 8.00. The van der Waals surface area contributed by atoms with E-state index < -0.39 is 0 Å². The maximum Gasteiger partial charge on any atom is 0.230 e. The van der Waals surface area contributed by atoms with E-state index in [9.17, 15) is 4.79 Å². The van der Waals surface area contributed by atoms with Crippen LogP contribution in [0.4, 0.5) is 0 Å². The lowest BCUT2D eigenvalue weighted by molar-refractivity contribution is -0.119. The van der Waals surface area contributed by atoms with Crippen LogP contribution in [0, 0.1) is 11.3 Å². The lowest BCUT2D eigenvalue weighted by atomic mass is 10.3. The van der Waals surface area contributed by atoms with Gasteiger partial charge in [0.15, 0.2) is 0 Å². The highest BCUT2D eigenvalue weighted by Crippen LogP contribution is 2.18. The maximum absolute atomic E-state index is 11.4. The van der Waals surface area contributed by atoms with E-state index in [0.29, 0.717) is 11.5 Å². The van der Waals surface area contributed by atoms with E-state index >= 15 is 0 Å². The molecule has 1 aromatic heterocycles. The smallest absolute Gasteiger partial charge is 0.230 e. The van der Waals surface area contributed by atoms with Gasteiger partial charge in [-0.05, 0) is 18.4 Å². The number of thioether (sulfide) groups is 1. The summed E-state index contributed by atoms with van der Waals surface area (Å²) in [6.07, 6.45) is 0. The number of hydrogen-bond donors (Lipinski definition) is 1. The molecule has 5 heteroatoms. The predicted molar refractivity (Wildman–Crippen MR) is 63.8 cm³/mol. The summed E-state index contributed by atoms with van der Waals surface area (Å²) in [4.78, 5) is 12.5. The summed E-state index contributed by atoms with van der Waals surface area (Å²) in [5, 5.41) is 13.2. The molecule has 0 bridgehead atoms. The molecular formula is C10H12N2OS2. The molecule has 0 aromatic carbocycles. The first kappa shape index (κ1) is 12.1. The van der Waals surface area contributed by atoms with Crippen molar-refractivity contribution in [2.24, 2.45) is 0 Å². The molecule has 0 saturated carbocycles. The fourth-order valence-corrected chi connectivity index (χ4v) is 2.28. The second kappa shape index (κ2) is 6.49. The van der Waals surface area contributed by atoms with Gasteiger partial charge in [-0.2, -0.15) is 5.26 Å². The third kappa shape index (κ3) is 4.36. The summed E-state index contributed by atoms with van der Waals surface area (Å²) in [6.45, 7) is 1.96. The number of nitrogens with zero attached hydrogens (tertiary/aromatic N) is 1. The SMILES string of the molecule is CC(NC(=O)CSCC#N)c1cccs1. The van der Waals surface area contributed by atoms with Crippen molar-refractivity contribution in [2.75, 3.05) is 11.5 Å². The molecule has 15 heavy (non-hydrogen) atoms. The number of rotatable bonds is 5. The lowest BCUT2D eigenvalue weighted by Gasteiger charge is -2.11. The fourth-order valence-electron chi connectivity index (χ4n) is 1.08. The molecule has 1 heterocycles. The van der Waals surface area contributed by atoms with E-state index in [1.807, 2.05) is 30.5 Å². The zero-order valence-electron chi connectivity index (χ0n) is 8.40. The van der Waals surface area contributed by atoms with Gasteiger partial charge >= 0.3 is 0 Å². The second-order valence-corrected chi connectivity index (χ2v) is 4.92. The van der Waals surface area contributed by atoms with Crippen molar-refractivity contribution < 1.29 is 4.79 Å². The van der Waals surface area contributed by atoms with Crippen LogP contribution < -0.4 is 5.32 Å². The van der Waals surface area contributed by atoms with E-state index in [2.05, 4.69) is 5.32 Å². The standard InChI is InChI=1S/C10H12N2OS2/c1-8(9-3-2-5-15-9)12-10(13)7-14-6-4-11/h2-3,5,8H,6-7H2,1H3,(H,12,13). The molecule has 1 N–H and O–H groups in total. The number of thiophene rings is 1. The molecule has 0 aliphatic heterocycles. The van der Waals surface area contributed by atoms with Crippen LogP contribution in [0.3, 0.4) is 0 Å². The molecule has 0 radical (unpaired) electrons. The highest BCUT2D eigenvalue weighted by Gasteiger charge is 2.09. The Hall–Kier alpha value is -0.990. The van der Waals surface area contributed by atoms with Gasteiger partial charge < -0.3 is 5.32 Å². The minimum Gasteiger partial charge on any atom is -0.348 e.